The second kappa shape index (κ2) is 8.19. The summed E-state index contributed by atoms with van der Waals surface area (Å²) in [5.74, 6) is -0.371. The van der Waals surface area contributed by atoms with Gasteiger partial charge in [0.05, 0.1) is 11.9 Å². The van der Waals surface area contributed by atoms with Crippen LogP contribution in [0.25, 0.3) is 11.1 Å². The molecule has 0 atom stereocenters. The van der Waals surface area contributed by atoms with Gasteiger partial charge in [-0.3, -0.25) is 14.5 Å². The number of hydrogen-bond donors (Lipinski definition) is 2. The Morgan fingerprint density at radius 2 is 1.76 bits per heavy atom. The molecule has 1 aromatic heterocycles. The second-order valence-electron chi connectivity index (χ2n) is 9.34. The molecule has 1 amide bonds. The highest BCUT2D eigenvalue weighted by molar-refractivity contribution is 7.92. The number of anilines is 2. The minimum absolute atomic E-state index is 0.0187. The number of aromatic hydroxyl groups is 1. The number of nitrogens with zero attached hydrogens (tertiary/aromatic N) is 2. The van der Waals surface area contributed by atoms with E-state index in [-0.39, 0.29) is 22.8 Å². The van der Waals surface area contributed by atoms with Crippen LogP contribution in [0.5, 0.6) is 5.75 Å². The van der Waals surface area contributed by atoms with Crippen molar-refractivity contribution in [3.8, 4) is 16.9 Å². The molecule has 172 valence electrons. The lowest BCUT2D eigenvalue weighted by molar-refractivity contribution is 0.0980. The van der Waals surface area contributed by atoms with E-state index in [0.29, 0.717) is 24.2 Å². The predicted octanol–water partition coefficient (Wildman–Crippen LogP) is 4.33. The van der Waals surface area contributed by atoms with Crippen molar-refractivity contribution in [1.82, 2.24) is 4.98 Å². The summed E-state index contributed by atoms with van der Waals surface area (Å²) in [6, 6.07) is 14.3. The summed E-state index contributed by atoms with van der Waals surface area (Å²) in [5, 5.41) is 9.99. The van der Waals surface area contributed by atoms with Gasteiger partial charge in [0.15, 0.2) is 0 Å². The van der Waals surface area contributed by atoms with E-state index in [4.69, 9.17) is 0 Å². The van der Waals surface area contributed by atoms with Gasteiger partial charge in [-0.25, -0.2) is 8.42 Å². The first-order valence-corrected chi connectivity index (χ1v) is 12.5. The van der Waals surface area contributed by atoms with E-state index in [0.717, 1.165) is 28.6 Å². The zero-order valence-electron chi connectivity index (χ0n) is 19.1. The van der Waals surface area contributed by atoms with Gasteiger partial charge >= 0.3 is 0 Å². The molecule has 0 saturated heterocycles. The van der Waals surface area contributed by atoms with E-state index in [1.54, 1.807) is 11.0 Å². The Kier molecular flexibility index (Phi) is 5.66. The maximum Gasteiger partial charge on any atom is 0.258 e. The first kappa shape index (κ1) is 22.8. The highest BCUT2D eigenvalue weighted by atomic mass is 32.2. The van der Waals surface area contributed by atoms with Crippen LogP contribution in [0.3, 0.4) is 0 Å². The molecule has 0 radical (unpaired) electrons. The number of carbonyl (C=O) groups is 1. The lowest BCUT2D eigenvalue weighted by Crippen LogP contribution is -2.37. The van der Waals surface area contributed by atoms with E-state index in [9.17, 15) is 18.3 Å². The van der Waals surface area contributed by atoms with E-state index in [1.807, 2.05) is 30.5 Å². The zero-order chi connectivity index (χ0) is 24.0. The van der Waals surface area contributed by atoms with Crippen molar-refractivity contribution in [2.75, 3.05) is 22.4 Å². The van der Waals surface area contributed by atoms with Gasteiger partial charge in [-0.05, 0) is 47.9 Å². The van der Waals surface area contributed by atoms with Gasteiger partial charge < -0.3 is 10.0 Å². The number of aromatic nitrogens is 1. The highest BCUT2D eigenvalue weighted by Crippen LogP contribution is 2.33. The summed E-state index contributed by atoms with van der Waals surface area (Å²) in [7, 11) is -3.57. The quantitative estimate of drug-likeness (QED) is 0.559. The van der Waals surface area contributed by atoms with Gasteiger partial charge in [0.1, 0.15) is 5.75 Å². The Bertz CT molecular complexity index is 1330. The third kappa shape index (κ3) is 4.85. The third-order valence-electron chi connectivity index (χ3n) is 5.64. The number of rotatable bonds is 4. The SMILES string of the molecule is CC(C)(C)c1ccc(-c2ccc3c(c2)CCN(c2ccc(O)c(NS(C)(=O)=O)c2)C3=O)cn1. The Hall–Kier alpha value is -3.39. The number of hydrogen-bond acceptors (Lipinski definition) is 5. The van der Waals surface area contributed by atoms with E-state index in [1.165, 1.54) is 12.1 Å². The molecule has 33 heavy (non-hydrogen) atoms. The van der Waals surface area contributed by atoms with Crippen molar-refractivity contribution in [1.29, 1.82) is 0 Å². The number of fused-ring (bicyclic) bond motifs is 1. The molecule has 1 aliphatic heterocycles. The van der Waals surface area contributed by atoms with Crippen LogP contribution in [0.15, 0.2) is 54.7 Å². The number of nitrogens with one attached hydrogen (secondary N) is 1. The number of benzene rings is 2. The molecule has 2 N–H and O–H groups in total. The lowest BCUT2D eigenvalue weighted by Gasteiger charge is -2.29. The van der Waals surface area contributed by atoms with Gasteiger partial charge in [-0.1, -0.05) is 39.0 Å². The van der Waals surface area contributed by atoms with E-state index in [2.05, 4.69) is 36.5 Å². The molecule has 0 saturated carbocycles. The molecular formula is C25H27N3O4S. The third-order valence-corrected chi connectivity index (χ3v) is 6.23. The summed E-state index contributed by atoms with van der Waals surface area (Å²) >= 11 is 0. The van der Waals surface area contributed by atoms with Crippen LogP contribution in [0.2, 0.25) is 0 Å². The van der Waals surface area contributed by atoms with Gasteiger partial charge in [0.25, 0.3) is 5.91 Å². The van der Waals surface area contributed by atoms with Crippen LogP contribution in [0.4, 0.5) is 11.4 Å². The molecule has 8 heteroatoms. The van der Waals surface area contributed by atoms with Gasteiger partial charge in [-0.2, -0.15) is 0 Å². The first-order valence-electron chi connectivity index (χ1n) is 10.6. The fraction of sp³-hybridized carbons (Fsp3) is 0.280. The highest BCUT2D eigenvalue weighted by Gasteiger charge is 2.26. The van der Waals surface area contributed by atoms with Crippen molar-refractivity contribution in [3.63, 3.8) is 0 Å². The number of amides is 1. The van der Waals surface area contributed by atoms with Crippen LogP contribution in [0, 0.1) is 0 Å². The number of sulfonamides is 1. The topological polar surface area (TPSA) is 99.6 Å². The Morgan fingerprint density at radius 3 is 2.39 bits per heavy atom. The van der Waals surface area contributed by atoms with E-state index < -0.39 is 10.0 Å². The summed E-state index contributed by atoms with van der Waals surface area (Å²) in [5.41, 5.74) is 5.12. The lowest BCUT2D eigenvalue weighted by atomic mass is 9.90. The Morgan fingerprint density at radius 1 is 1.03 bits per heavy atom. The van der Waals surface area contributed by atoms with Crippen molar-refractivity contribution in [3.05, 3.63) is 71.5 Å². The van der Waals surface area contributed by atoms with Gasteiger partial charge in [0, 0.05) is 40.7 Å². The largest absolute Gasteiger partial charge is 0.506 e. The predicted molar refractivity (Wildman–Crippen MR) is 130 cm³/mol. The number of pyridine rings is 1. The average molecular weight is 466 g/mol. The van der Waals surface area contributed by atoms with Gasteiger partial charge in [0.2, 0.25) is 10.0 Å². The molecule has 0 aliphatic carbocycles. The minimum Gasteiger partial charge on any atom is -0.506 e. The van der Waals surface area contributed by atoms with Crippen LogP contribution in [-0.4, -0.2) is 37.2 Å². The molecule has 0 fully saturated rings. The summed E-state index contributed by atoms with van der Waals surface area (Å²) in [4.78, 5) is 19.4. The summed E-state index contributed by atoms with van der Waals surface area (Å²) in [6.45, 7) is 6.82. The zero-order valence-corrected chi connectivity index (χ0v) is 19.9. The van der Waals surface area contributed by atoms with E-state index >= 15 is 0 Å². The first-order chi connectivity index (χ1) is 15.4. The summed E-state index contributed by atoms with van der Waals surface area (Å²) in [6.07, 6.45) is 3.52. The Labute approximate surface area is 194 Å². The number of phenols is 1. The normalized spacial score (nSPS) is 14.2. The molecular weight excluding hydrogens is 438 g/mol. The van der Waals surface area contributed by atoms with Crippen molar-refractivity contribution < 1.29 is 18.3 Å². The molecule has 0 unspecified atom stereocenters. The molecule has 3 aromatic rings. The number of phenolic OH excluding ortho intramolecular Hbond substituents is 1. The molecule has 4 rings (SSSR count). The minimum atomic E-state index is -3.57. The fourth-order valence-electron chi connectivity index (χ4n) is 3.90. The molecule has 0 spiro atoms. The van der Waals surface area contributed by atoms with Gasteiger partial charge in [-0.15, -0.1) is 0 Å². The maximum atomic E-state index is 13.2. The van der Waals surface area contributed by atoms with Crippen molar-refractivity contribution in [2.45, 2.75) is 32.6 Å². The average Bonchev–Trinajstić information content (AvgIpc) is 2.74. The molecule has 7 nitrogen and oxygen atoms in total. The van der Waals surface area contributed by atoms with Crippen LogP contribution < -0.4 is 9.62 Å². The smallest absolute Gasteiger partial charge is 0.258 e. The van der Waals surface area contributed by atoms with Crippen LogP contribution in [0.1, 0.15) is 42.4 Å². The second-order valence-corrected chi connectivity index (χ2v) is 11.1. The van der Waals surface area contributed by atoms with Crippen LogP contribution >= 0.6 is 0 Å². The molecule has 2 aromatic carbocycles. The Balaban J connectivity index is 1.61. The molecule has 1 aliphatic rings. The molecule has 0 bridgehead atoms. The van der Waals surface area contributed by atoms with Crippen LogP contribution in [-0.2, 0) is 21.9 Å². The monoisotopic (exact) mass is 465 g/mol. The fourth-order valence-corrected chi connectivity index (χ4v) is 4.46. The summed E-state index contributed by atoms with van der Waals surface area (Å²) < 4.78 is 25.4. The number of carbonyl (C=O) groups excluding carboxylic acids is 1. The van der Waals surface area contributed by atoms with Crippen molar-refractivity contribution in [2.24, 2.45) is 0 Å². The maximum absolute atomic E-state index is 13.2. The standard InChI is InChI=1S/C25H27N3O4S/c1-25(2,3)23-10-6-18(15-26-23)16-5-8-20-17(13-16)11-12-28(24(20)30)19-7-9-22(29)21(14-19)27-33(4,31)32/h5-10,13-15,27,29H,11-12H2,1-4H3. The molecule has 2 heterocycles. The van der Waals surface area contributed by atoms with Crippen molar-refractivity contribution >= 4 is 27.3 Å².